The molecule has 1 N–H and O–H groups in total. The van der Waals surface area contributed by atoms with Crippen molar-refractivity contribution >= 4 is 46.3 Å². The Labute approximate surface area is 225 Å². The molecular weight excluding hydrogens is 528 g/mol. The van der Waals surface area contributed by atoms with Crippen molar-refractivity contribution in [1.82, 2.24) is 19.9 Å². The number of nitriles is 1. The second kappa shape index (κ2) is 12.4. The van der Waals surface area contributed by atoms with Crippen LogP contribution in [-0.2, 0) is 16.1 Å². The quantitative estimate of drug-likeness (QED) is 0.182. The summed E-state index contributed by atoms with van der Waals surface area (Å²) in [6.07, 6.45) is 7.70. The number of nitrogens with zero attached hydrogens (tertiary/aromatic N) is 5. The van der Waals surface area contributed by atoms with Crippen molar-refractivity contribution in [2.45, 2.75) is 35.5 Å². The molecule has 38 heavy (non-hydrogen) atoms. The van der Waals surface area contributed by atoms with Crippen LogP contribution in [0.3, 0.4) is 0 Å². The molecule has 0 bridgehead atoms. The zero-order valence-electron chi connectivity index (χ0n) is 20.0. The van der Waals surface area contributed by atoms with E-state index in [0.717, 1.165) is 35.9 Å². The largest absolute Gasteiger partial charge is 0.376 e. The highest BCUT2D eigenvalue weighted by molar-refractivity contribution is 7.99. The van der Waals surface area contributed by atoms with E-state index in [9.17, 15) is 25.0 Å². The molecule has 1 aliphatic rings. The third-order valence-corrected chi connectivity index (χ3v) is 7.60. The summed E-state index contributed by atoms with van der Waals surface area (Å²) < 4.78 is 7.19. The van der Waals surface area contributed by atoms with Crippen LogP contribution in [0.15, 0.2) is 64.2 Å². The molecule has 3 heterocycles. The Morgan fingerprint density at radius 1 is 1.42 bits per heavy atom. The summed E-state index contributed by atoms with van der Waals surface area (Å²) in [7, 11) is 0. The van der Waals surface area contributed by atoms with E-state index >= 15 is 0 Å². The van der Waals surface area contributed by atoms with Gasteiger partial charge in [0.2, 0.25) is 0 Å². The minimum atomic E-state index is -0.603. The molecule has 4 rings (SSSR count). The second-order valence-corrected chi connectivity index (χ2v) is 10.1. The summed E-state index contributed by atoms with van der Waals surface area (Å²) in [5, 5.41) is 24.6. The Hall–Kier alpha value is -4.12. The highest BCUT2D eigenvalue weighted by Crippen LogP contribution is 2.33. The van der Waals surface area contributed by atoms with Crippen LogP contribution in [0, 0.1) is 21.4 Å². The maximum atomic E-state index is 13.2. The number of nitro benzene ring substituents is 1. The Bertz CT molecular complexity index is 1590. The lowest BCUT2D eigenvalue weighted by molar-refractivity contribution is -0.387. The van der Waals surface area contributed by atoms with Crippen LogP contribution >= 0.6 is 23.1 Å². The molecule has 0 aliphatic carbocycles. The van der Waals surface area contributed by atoms with Crippen molar-refractivity contribution < 1.29 is 14.5 Å². The van der Waals surface area contributed by atoms with Gasteiger partial charge in [-0.15, -0.1) is 17.9 Å². The van der Waals surface area contributed by atoms with Crippen molar-refractivity contribution in [1.29, 1.82) is 5.26 Å². The van der Waals surface area contributed by atoms with E-state index in [1.165, 1.54) is 22.8 Å². The first kappa shape index (κ1) is 26.9. The monoisotopic (exact) mass is 550 g/mol. The maximum Gasteiger partial charge on any atom is 0.283 e. The first-order valence-corrected chi connectivity index (χ1v) is 13.1. The predicted octanol–water partition coefficient (Wildman–Crippen LogP) is 1.74. The SMILES string of the molecule is C=CCn1c(=O)/c(=C/c2ccc(Sc3ncccn3)c([N+](=O)[O-])c2)s/c1=C(/C#N)C(=O)NCC1CCCO1. The van der Waals surface area contributed by atoms with Crippen LogP contribution < -0.4 is 20.1 Å². The maximum absolute atomic E-state index is 13.2. The molecule has 1 fully saturated rings. The molecule has 0 saturated carbocycles. The number of amides is 1. The number of aromatic nitrogens is 3. The van der Waals surface area contributed by atoms with Gasteiger partial charge in [-0.2, -0.15) is 5.26 Å². The third-order valence-electron chi connectivity index (χ3n) is 5.51. The standard InChI is InChI=1S/C25H22N6O5S2/c1-2-10-30-23(33)21(37-24(30)18(14-26)22(32)29-15-17-5-3-11-36-17)13-16-6-7-20(19(12-16)31(34)35)38-25-27-8-4-9-28-25/h2,4,6-9,12-13,17H,1,3,5,10-11,15H2,(H,29,32)/b21-13-,24-18-. The van der Waals surface area contributed by atoms with E-state index in [0.29, 0.717) is 22.2 Å². The summed E-state index contributed by atoms with van der Waals surface area (Å²) in [6.45, 7) is 4.64. The van der Waals surface area contributed by atoms with Crippen molar-refractivity contribution in [3.05, 3.63) is 84.5 Å². The number of ether oxygens (including phenoxy) is 1. The van der Waals surface area contributed by atoms with Gasteiger partial charge < -0.3 is 10.1 Å². The fourth-order valence-corrected chi connectivity index (χ4v) is 5.64. The van der Waals surface area contributed by atoms with Gasteiger partial charge in [-0.1, -0.05) is 12.1 Å². The van der Waals surface area contributed by atoms with Gasteiger partial charge in [-0.25, -0.2) is 9.97 Å². The van der Waals surface area contributed by atoms with Crippen LogP contribution in [0.5, 0.6) is 0 Å². The lowest BCUT2D eigenvalue weighted by Gasteiger charge is -2.10. The molecule has 1 saturated heterocycles. The number of benzene rings is 1. The molecule has 0 radical (unpaired) electrons. The number of thiazole rings is 1. The van der Waals surface area contributed by atoms with Crippen LogP contribution in [0.25, 0.3) is 11.6 Å². The molecule has 0 spiro atoms. The fourth-order valence-electron chi connectivity index (χ4n) is 3.74. The minimum Gasteiger partial charge on any atom is -0.376 e. The molecule has 1 aromatic carbocycles. The first-order chi connectivity index (χ1) is 18.4. The number of carbonyl (C=O) groups is 1. The fraction of sp³-hybridized carbons (Fsp3) is 0.240. The highest BCUT2D eigenvalue weighted by atomic mass is 32.2. The lowest BCUT2D eigenvalue weighted by atomic mass is 10.2. The zero-order chi connectivity index (χ0) is 27.1. The molecule has 1 unspecified atom stereocenters. The summed E-state index contributed by atoms with van der Waals surface area (Å²) in [5.74, 6) is -0.603. The predicted molar refractivity (Wildman–Crippen MR) is 142 cm³/mol. The lowest BCUT2D eigenvalue weighted by Crippen LogP contribution is -2.36. The molecule has 1 amide bonds. The Balaban J connectivity index is 1.74. The molecule has 1 aliphatic heterocycles. The Morgan fingerprint density at radius 2 is 2.21 bits per heavy atom. The zero-order valence-corrected chi connectivity index (χ0v) is 21.7. The molecule has 11 nitrogen and oxygen atoms in total. The van der Waals surface area contributed by atoms with E-state index in [1.807, 2.05) is 6.07 Å². The Morgan fingerprint density at radius 3 is 2.87 bits per heavy atom. The average Bonchev–Trinajstić information content (AvgIpc) is 3.54. The molecule has 194 valence electrons. The summed E-state index contributed by atoms with van der Waals surface area (Å²) in [4.78, 5) is 45.8. The van der Waals surface area contributed by atoms with E-state index in [4.69, 9.17) is 4.74 Å². The molecule has 1 atom stereocenters. The summed E-state index contributed by atoms with van der Waals surface area (Å²) >= 11 is 2.01. The molecule has 2 aromatic heterocycles. The van der Waals surface area contributed by atoms with Gasteiger partial charge >= 0.3 is 0 Å². The van der Waals surface area contributed by atoms with E-state index in [2.05, 4.69) is 21.9 Å². The van der Waals surface area contributed by atoms with Crippen LogP contribution in [0.1, 0.15) is 18.4 Å². The smallest absolute Gasteiger partial charge is 0.283 e. The van der Waals surface area contributed by atoms with Gasteiger partial charge in [0.25, 0.3) is 17.2 Å². The van der Waals surface area contributed by atoms with E-state index < -0.39 is 16.4 Å². The molecule has 3 aromatic rings. The average molecular weight is 551 g/mol. The number of rotatable bonds is 9. The normalized spacial score (nSPS) is 16.1. The van der Waals surface area contributed by atoms with Crippen LogP contribution in [0.2, 0.25) is 0 Å². The van der Waals surface area contributed by atoms with E-state index in [1.54, 1.807) is 30.6 Å². The number of nitro groups is 1. The Kier molecular flexibility index (Phi) is 8.80. The van der Waals surface area contributed by atoms with Crippen molar-refractivity contribution in [3.63, 3.8) is 0 Å². The highest BCUT2D eigenvalue weighted by Gasteiger charge is 2.20. The molecule has 13 heteroatoms. The van der Waals surface area contributed by atoms with Gasteiger partial charge in [0.15, 0.2) is 10.7 Å². The topological polar surface area (TPSA) is 153 Å². The van der Waals surface area contributed by atoms with Crippen LogP contribution in [-0.4, -0.2) is 44.6 Å². The number of hydrogen-bond acceptors (Lipinski definition) is 10. The molecular formula is C25H22N6O5S2. The summed E-state index contributed by atoms with van der Waals surface area (Å²) in [6, 6.07) is 8.11. The van der Waals surface area contributed by atoms with Crippen molar-refractivity contribution in [2.24, 2.45) is 0 Å². The van der Waals surface area contributed by atoms with Crippen LogP contribution in [0.4, 0.5) is 5.69 Å². The van der Waals surface area contributed by atoms with Gasteiger partial charge in [-0.05, 0) is 48.4 Å². The number of nitrogens with one attached hydrogen (secondary N) is 1. The number of allylic oxidation sites excluding steroid dienone is 1. The summed E-state index contributed by atoms with van der Waals surface area (Å²) in [5.41, 5.74) is -0.403. The third kappa shape index (κ3) is 6.23. The van der Waals surface area contributed by atoms with Crippen molar-refractivity contribution in [3.8, 4) is 6.07 Å². The minimum absolute atomic E-state index is 0.0789. The second-order valence-electron chi connectivity index (χ2n) is 8.07. The van der Waals surface area contributed by atoms with Gasteiger partial charge in [0.05, 0.1) is 20.5 Å². The number of carbonyl (C=O) groups excluding carboxylic acids is 1. The number of hydrogen-bond donors (Lipinski definition) is 1. The first-order valence-electron chi connectivity index (χ1n) is 11.5. The van der Waals surface area contributed by atoms with Gasteiger partial charge in [0.1, 0.15) is 10.7 Å². The van der Waals surface area contributed by atoms with E-state index in [-0.39, 0.29) is 39.6 Å². The van der Waals surface area contributed by atoms with Crippen molar-refractivity contribution in [2.75, 3.05) is 13.2 Å². The van der Waals surface area contributed by atoms with Gasteiger partial charge in [-0.3, -0.25) is 24.3 Å². The van der Waals surface area contributed by atoms with Gasteiger partial charge in [0, 0.05) is 38.2 Å².